The van der Waals surface area contributed by atoms with Crippen LogP contribution in [0.3, 0.4) is 0 Å². The van der Waals surface area contributed by atoms with Gasteiger partial charge in [-0.1, -0.05) is 13.8 Å². The molecule has 8 heteroatoms. The molecular weight excluding hydrogens is 370 g/mol. The third kappa shape index (κ3) is 8.78. The zero-order valence-corrected chi connectivity index (χ0v) is 19.7. The lowest BCUT2D eigenvalue weighted by molar-refractivity contribution is -0.0174. The fourth-order valence-corrected chi connectivity index (χ4v) is 3.47. The van der Waals surface area contributed by atoms with E-state index in [9.17, 15) is 4.79 Å². The Morgan fingerprint density at radius 3 is 2.45 bits per heavy atom. The van der Waals surface area contributed by atoms with Crippen molar-refractivity contribution in [2.75, 3.05) is 39.9 Å². The van der Waals surface area contributed by atoms with Crippen LogP contribution in [0.25, 0.3) is 0 Å². The summed E-state index contributed by atoms with van der Waals surface area (Å²) in [7, 11) is 1.76. The average Bonchev–Trinajstić information content (AvgIpc) is 2.65. The summed E-state index contributed by atoms with van der Waals surface area (Å²) in [4.78, 5) is 19.1. The van der Waals surface area contributed by atoms with Crippen LogP contribution in [0, 0.1) is 0 Å². The molecule has 0 saturated carbocycles. The summed E-state index contributed by atoms with van der Waals surface area (Å²) in [5, 5.41) is 9.85. The van der Waals surface area contributed by atoms with Gasteiger partial charge in [-0.25, -0.2) is 4.79 Å². The van der Waals surface area contributed by atoms with Gasteiger partial charge in [0.15, 0.2) is 5.96 Å². The number of guanidine groups is 1. The maximum absolute atomic E-state index is 12.3. The highest BCUT2D eigenvalue weighted by molar-refractivity contribution is 5.80. The molecule has 1 rings (SSSR count). The number of hydrogen-bond acceptors (Lipinski definition) is 5. The molecule has 0 aromatic heterocycles. The molecule has 3 N–H and O–H groups in total. The molecule has 8 nitrogen and oxygen atoms in total. The molecule has 2 unspecified atom stereocenters. The first kappa shape index (κ1) is 25.5. The van der Waals surface area contributed by atoms with Crippen LogP contribution in [0.5, 0.6) is 0 Å². The molecule has 0 aromatic carbocycles. The molecule has 1 aliphatic rings. The van der Waals surface area contributed by atoms with E-state index >= 15 is 0 Å². The second-order valence-corrected chi connectivity index (χ2v) is 8.93. The number of ether oxygens (including phenoxy) is 2. The Bertz CT molecular complexity index is 529. The van der Waals surface area contributed by atoms with Gasteiger partial charge >= 0.3 is 6.09 Å². The third-order valence-corrected chi connectivity index (χ3v) is 5.49. The average molecular weight is 414 g/mol. The number of hydrogen-bond donors (Lipinski definition) is 3. The van der Waals surface area contributed by atoms with E-state index in [-0.39, 0.29) is 6.09 Å². The van der Waals surface area contributed by atoms with E-state index in [1.807, 2.05) is 20.8 Å². The highest BCUT2D eigenvalue weighted by atomic mass is 16.6. The highest BCUT2D eigenvalue weighted by Crippen LogP contribution is 2.16. The van der Waals surface area contributed by atoms with Gasteiger partial charge in [0.05, 0.1) is 18.8 Å². The molecule has 0 spiro atoms. The van der Waals surface area contributed by atoms with Crippen LogP contribution < -0.4 is 16.0 Å². The quantitative estimate of drug-likeness (QED) is 0.418. The zero-order valence-electron chi connectivity index (χ0n) is 19.7. The number of carbonyl (C=O) groups is 1. The minimum atomic E-state index is -0.519. The molecule has 1 aliphatic heterocycles. The van der Waals surface area contributed by atoms with Crippen molar-refractivity contribution in [1.29, 1.82) is 0 Å². The Balaban J connectivity index is 2.59. The molecule has 0 bridgehead atoms. The third-order valence-electron chi connectivity index (χ3n) is 5.49. The van der Waals surface area contributed by atoms with Gasteiger partial charge in [0.1, 0.15) is 5.60 Å². The van der Waals surface area contributed by atoms with Crippen LogP contribution in [0.15, 0.2) is 4.99 Å². The number of alkyl carbamates (subject to hydrolysis) is 1. The lowest BCUT2D eigenvalue weighted by Crippen LogP contribution is -2.58. The minimum absolute atomic E-state index is 0.370. The number of morpholine rings is 1. The standard InChI is InChI=1S/C21H43N5O3/c1-9-21(10-2,25-19(27)29-20(5,6)7)15-24-18(22-8)23-13-16(3)26-11-12-28-14-17(26)4/h16-17H,9-15H2,1-8H3,(H,25,27)(H2,22,23,24). The molecule has 29 heavy (non-hydrogen) atoms. The zero-order chi connectivity index (χ0) is 22.1. The van der Waals surface area contributed by atoms with Crippen molar-refractivity contribution in [2.24, 2.45) is 4.99 Å². The van der Waals surface area contributed by atoms with E-state index in [0.29, 0.717) is 18.6 Å². The largest absolute Gasteiger partial charge is 0.444 e. The van der Waals surface area contributed by atoms with Gasteiger partial charge < -0.3 is 25.4 Å². The van der Waals surface area contributed by atoms with Crippen LogP contribution in [0.2, 0.25) is 0 Å². The molecule has 2 atom stereocenters. The molecule has 1 amide bonds. The van der Waals surface area contributed by atoms with Crippen molar-refractivity contribution in [3.63, 3.8) is 0 Å². The smallest absolute Gasteiger partial charge is 0.408 e. The molecule has 170 valence electrons. The molecule has 0 aromatic rings. The van der Waals surface area contributed by atoms with Crippen molar-refractivity contribution < 1.29 is 14.3 Å². The Labute approximate surface area is 177 Å². The van der Waals surface area contributed by atoms with Gasteiger partial charge in [0.25, 0.3) is 0 Å². The fraction of sp³-hybridized carbons (Fsp3) is 0.905. The Morgan fingerprint density at radius 1 is 1.28 bits per heavy atom. The summed E-state index contributed by atoms with van der Waals surface area (Å²) >= 11 is 0. The van der Waals surface area contributed by atoms with E-state index in [1.165, 1.54) is 0 Å². The summed E-state index contributed by atoms with van der Waals surface area (Å²) in [6.07, 6.45) is 1.18. The molecule has 0 radical (unpaired) electrons. The predicted octanol–water partition coefficient (Wildman–Crippen LogP) is 2.34. The summed E-state index contributed by atoms with van der Waals surface area (Å²) < 4.78 is 11.0. The first-order chi connectivity index (χ1) is 13.6. The van der Waals surface area contributed by atoms with E-state index in [1.54, 1.807) is 7.05 Å². The van der Waals surface area contributed by atoms with Crippen LogP contribution >= 0.6 is 0 Å². The maximum Gasteiger partial charge on any atom is 0.408 e. The second-order valence-electron chi connectivity index (χ2n) is 8.93. The van der Waals surface area contributed by atoms with Crippen LogP contribution in [-0.2, 0) is 9.47 Å². The van der Waals surface area contributed by atoms with Crippen molar-refractivity contribution in [3.8, 4) is 0 Å². The number of nitrogens with zero attached hydrogens (tertiary/aromatic N) is 2. The molecule has 1 heterocycles. The summed E-state index contributed by atoms with van der Waals surface area (Å²) in [5.41, 5.74) is -0.917. The monoisotopic (exact) mass is 413 g/mol. The van der Waals surface area contributed by atoms with Crippen LogP contribution in [0.4, 0.5) is 4.79 Å². The Kier molecular flexibility index (Phi) is 10.2. The topological polar surface area (TPSA) is 87.2 Å². The minimum Gasteiger partial charge on any atom is -0.444 e. The highest BCUT2D eigenvalue weighted by Gasteiger charge is 2.31. The van der Waals surface area contributed by atoms with E-state index in [2.05, 4.69) is 53.5 Å². The Hall–Kier alpha value is -1.54. The van der Waals surface area contributed by atoms with Crippen molar-refractivity contribution >= 4 is 12.1 Å². The molecule has 1 fully saturated rings. The number of nitrogens with one attached hydrogen (secondary N) is 3. The lowest BCUT2D eigenvalue weighted by Gasteiger charge is -2.38. The summed E-state index contributed by atoms with van der Waals surface area (Å²) in [5.74, 6) is 0.732. The second kappa shape index (κ2) is 11.6. The first-order valence-electron chi connectivity index (χ1n) is 10.8. The van der Waals surface area contributed by atoms with E-state index < -0.39 is 11.1 Å². The first-order valence-corrected chi connectivity index (χ1v) is 10.8. The van der Waals surface area contributed by atoms with Gasteiger partial charge in [-0.15, -0.1) is 0 Å². The lowest BCUT2D eigenvalue weighted by atomic mass is 9.93. The molecular formula is C21H43N5O3. The summed E-state index contributed by atoms with van der Waals surface area (Å²) in [6, 6.07) is 0.788. The van der Waals surface area contributed by atoms with E-state index in [0.717, 1.165) is 45.1 Å². The number of amides is 1. The Morgan fingerprint density at radius 2 is 1.93 bits per heavy atom. The van der Waals surface area contributed by atoms with Gasteiger partial charge in [0, 0.05) is 38.8 Å². The normalized spacial score (nSPS) is 20.1. The van der Waals surface area contributed by atoms with E-state index in [4.69, 9.17) is 9.47 Å². The van der Waals surface area contributed by atoms with Crippen LogP contribution in [0.1, 0.15) is 61.3 Å². The van der Waals surface area contributed by atoms with Gasteiger partial charge in [0.2, 0.25) is 0 Å². The number of rotatable bonds is 8. The van der Waals surface area contributed by atoms with Crippen molar-refractivity contribution in [3.05, 3.63) is 0 Å². The SMILES string of the molecule is CCC(CC)(CNC(=NC)NCC(C)N1CCOCC1C)NC(=O)OC(C)(C)C. The predicted molar refractivity (Wildman–Crippen MR) is 118 cm³/mol. The fourth-order valence-electron chi connectivity index (χ4n) is 3.47. The molecule has 1 saturated heterocycles. The maximum atomic E-state index is 12.3. The summed E-state index contributed by atoms with van der Waals surface area (Å²) in [6.45, 7) is 18.0. The number of carbonyl (C=O) groups excluding carboxylic acids is 1. The van der Waals surface area contributed by atoms with Gasteiger partial charge in [-0.2, -0.15) is 0 Å². The van der Waals surface area contributed by atoms with Crippen molar-refractivity contribution in [1.82, 2.24) is 20.9 Å². The number of aliphatic imine (C=N–C) groups is 1. The van der Waals surface area contributed by atoms with Gasteiger partial charge in [-0.05, 0) is 47.5 Å². The van der Waals surface area contributed by atoms with Crippen molar-refractivity contribution in [2.45, 2.75) is 84.5 Å². The molecule has 0 aliphatic carbocycles. The van der Waals surface area contributed by atoms with Crippen LogP contribution in [-0.4, -0.2) is 80.1 Å². The van der Waals surface area contributed by atoms with Gasteiger partial charge in [-0.3, -0.25) is 9.89 Å².